The van der Waals surface area contributed by atoms with Gasteiger partial charge in [0, 0.05) is 12.7 Å². The van der Waals surface area contributed by atoms with Crippen LogP contribution in [-0.4, -0.2) is 25.9 Å². The first kappa shape index (κ1) is 20.7. The number of carbonyl (C=O) groups excluding carboxylic acids is 1. The standard InChI is InChI=1S/C17H18F3N3O3S/c1-10(2)8-23-16(24)15-14(21)7-13(9-22-15)27(25,26)12-5-3-11(4-6-12)17(18,19)20/h3-7,9-10H,8,21H2,1-2H3,(H,23,24). The quantitative estimate of drug-likeness (QED) is 0.802. The third-order valence-corrected chi connectivity index (χ3v) is 5.32. The van der Waals surface area contributed by atoms with E-state index in [1.54, 1.807) is 0 Å². The van der Waals surface area contributed by atoms with Gasteiger partial charge in [0.1, 0.15) is 0 Å². The smallest absolute Gasteiger partial charge is 0.397 e. The average Bonchev–Trinajstić information content (AvgIpc) is 2.58. The fourth-order valence-corrected chi connectivity index (χ4v) is 3.38. The van der Waals surface area contributed by atoms with Gasteiger partial charge in [-0.15, -0.1) is 0 Å². The molecule has 27 heavy (non-hydrogen) atoms. The van der Waals surface area contributed by atoms with Crippen LogP contribution in [-0.2, 0) is 16.0 Å². The van der Waals surface area contributed by atoms with Gasteiger partial charge in [-0.2, -0.15) is 13.2 Å². The van der Waals surface area contributed by atoms with Crippen molar-refractivity contribution >= 4 is 21.4 Å². The van der Waals surface area contributed by atoms with Crippen LogP contribution in [0.1, 0.15) is 29.9 Å². The Kier molecular flexibility index (Phi) is 5.79. The van der Waals surface area contributed by atoms with Crippen molar-refractivity contribution in [2.75, 3.05) is 12.3 Å². The van der Waals surface area contributed by atoms with E-state index in [-0.39, 0.29) is 27.1 Å². The van der Waals surface area contributed by atoms with Gasteiger partial charge >= 0.3 is 6.18 Å². The zero-order valence-corrected chi connectivity index (χ0v) is 15.4. The van der Waals surface area contributed by atoms with E-state index < -0.39 is 27.5 Å². The predicted molar refractivity (Wildman–Crippen MR) is 92.7 cm³/mol. The molecule has 3 N–H and O–H groups in total. The monoisotopic (exact) mass is 401 g/mol. The van der Waals surface area contributed by atoms with E-state index in [9.17, 15) is 26.4 Å². The Labute approximate surface area is 154 Å². The third kappa shape index (κ3) is 4.76. The first-order chi connectivity index (χ1) is 12.4. The maximum atomic E-state index is 12.6. The molecule has 0 aliphatic heterocycles. The van der Waals surface area contributed by atoms with Gasteiger partial charge in [-0.1, -0.05) is 13.8 Å². The van der Waals surface area contributed by atoms with Crippen LogP contribution in [0.4, 0.5) is 18.9 Å². The van der Waals surface area contributed by atoms with Gasteiger partial charge in [0.2, 0.25) is 9.84 Å². The number of hydrogen-bond acceptors (Lipinski definition) is 5. The van der Waals surface area contributed by atoms with Crippen molar-refractivity contribution in [3.63, 3.8) is 0 Å². The van der Waals surface area contributed by atoms with Crippen LogP contribution in [0.15, 0.2) is 46.3 Å². The Hall–Kier alpha value is -2.62. The number of amides is 1. The lowest BCUT2D eigenvalue weighted by Gasteiger charge is -2.11. The highest BCUT2D eigenvalue weighted by Gasteiger charge is 2.31. The van der Waals surface area contributed by atoms with E-state index >= 15 is 0 Å². The van der Waals surface area contributed by atoms with Gasteiger partial charge in [-0.05, 0) is 36.2 Å². The predicted octanol–water partition coefficient (Wildman–Crippen LogP) is 2.90. The Morgan fingerprint density at radius 1 is 1.19 bits per heavy atom. The minimum Gasteiger partial charge on any atom is -0.397 e. The number of nitrogens with one attached hydrogen (secondary N) is 1. The van der Waals surface area contributed by atoms with Crippen molar-refractivity contribution in [1.29, 1.82) is 0 Å². The molecule has 2 rings (SSSR count). The zero-order valence-electron chi connectivity index (χ0n) is 14.5. The van der Waals surface area contributed by atoms with Gasteiger partial charge in [-0.3, -0.25) is 4.79 Å². The van der Waals surface area contributed by atoms with Gasteiger partial charge < -0.3 is 11.1 Å². The second-order valence-corrected chi connectivity index (χ2v) is 8.19. The normalized spacial score (nSPS) is 12.2. The number of nitrogens with zero attached hydrogens (tertiary/aromatic N) is 1. The molecule has 146 valence electrons. The maximum absolute atomic E-state index is 12.6. The van der Waals surface area contributed by atoms with Crippen LogP contribution in [0, 0.1) is 5.92 Å². The van der Waals surface area contributed by atoms with Gasteiger partial charge in [0.25, 0.3) is 5.91 Å². The lowest BCUT2D eigenvalue weighted by atomic mass is 10.2. The van der Waals surface area contributed by atoms with Crippen LogP contribution in [0.5, 0.6) is 0 Å². The molecule has 0 aliphatic carbocycles. The number of hydrogen-bond donors (Lipinski definition) is 2. The number of aromatic nitrogens is 1. The van der Waals surface area contributed by atoms with Crippen molar-refractivity contribution in [2.45, 2.75) is 29.8 Å². The second-order valence-electron chi connectivity index (χ2n) is 6.24. The number of carbonyl (C=O) groups is 1. The summed E-state index contributed by atoms with van der Waals surface area (Å²) in [5.41, 5.74) is 4.51. The van der Waals surface area contributed by atoms with Crippen molar-refractivity contribution in [3.8, 4) is 0 Å². The third-order valence-electron chi connectivity index (χ3n) is 3.58. The zero-order chi connectivity index (χ0) is 20.4. The molecule has 0 unspecified atom stereocenters. The summed E-state index contributed by atoms with van der Waals surface area (Å²) in [6.45, 7) is 4.19. The first-order valence-electron chi connectivity index (χ1n) is 7.89. The van der Waals surface area contributed by atoms with E-state index in [0.717, 1.165) is 24.4 Å². The Morgan fingerprint density at radius 2 is 1.78 bits per heavy atom. The first-order valence-corrected chi connectivity index (χ1v) is 9.37. The number of nitrogen functional groups attached to an aromatic ring is 1. The summed E-state index contributed by atoms with van der Waals surface area (Å²) in [7, 11) is -4.13. The second kappa shape index (κ2) is 7.55. The Morgan fingerprint density at radius 3 is 2.26 bits per heavy atom. The SMILES string of the molecule is CC(C)CNC(=O)c1ncc(S(=O)(=O)c2ccc(C(F)(F)F)cc2)cc1N. The molecule has 1 amide bonds. The summed E-state index contributed by atoms with van der Waals surface area (Å²) in [6.07, 6.45) is -3.62. The molecular weight excluding hydrogens is 383 g/mol. The molecule has 2 aromatic rings. The topological polar surface area (TPSA) is 102 Å². The molecule has 0 saturated carbocycles. The van der Waals surface area contributed by atoms with Crippen molar-refractivity contribution in [3.05, 3.63) is 47.8 Å². The summed E-state index contributed by atoms with van der Waals surface area (Å²) >= 11 is 0. The van der Waals surface area contributed by atoms with Crippen LogP contribution in [0.2, 0.25) is 0 Å². The molecule has 0 radical (unpaired) electrons. The largest absolute Gasteiger partial charge is 0.416 e. The van der Waals surface area contributed by atoms with Crippen molar-refractivity contribution < 1.29 is 26.4 Å². The number of nitrogens with two attached hydrogens (primary N) is 1. The molecular formula is C17H18F3N3O3S. The van der Waals surface area contributed by atoms with Gasteiger partial charge in [0.15, 0.2) is 5.69 Å². The number of sulfone groups is 1. The number of benzene rings is 1. The summed E-state index contributed by atoms with van der Waals surface area (Å²) in [4.78, 5) is 15.2. The minimum absolute atomic E-state index is 0.123. The number of rotatable bonds is 5. The lowest BCUT2D eigenvalue weighted by Crippen LogP contribution is -2.29. The fourth-order valence-electron chi connectivity index (χ4n) is 2.14. The van der Waals surface area contributed by atoms with E-state index in [2.05, 4.69) is 10.3 Å². The molecule has 0 spiro atoms. The van der Waals surface area contributed by atoms with E-state index in [4.69, 9.17) is 5.73 Å². The number of halogens is 3. The van der Waals surface area contributed by atoms with Crippen LogP contribution < -0.4 is 11.1 Å². The Balaban J connectivity index is 2.32. The van der Waals surface area contributed by atoms with Gasteiger partial charge in [-0.25, -0.2) is 13.4 Å². The summed E-state index contributed by atoms with van der Waals surface area (Å²) in [5.74, 6) is -0.339. The number of pyridine rings is 1. The van der Waals surface area contributed by atoms with E-state index in [0.29, 0.717) is 18.7 Å². The summed E-state index contributed by atoms with van der Waals surface area (Å²) < 4.78 is 63.0. The molecule has 1 heterocycles. The fraction of sp³-hybridized carbons (Fsp3) is 0.294. The molecule has 0 aliphatic rings. The molecule has 1 aromatic heterocycles. The van der Waals surface area contributed by atoms with E-state index in [1.165, 1.54) is 0 Å². The van der Waals surface area contributed by atoms with Crippen molar-refractivity contribution in [1.82, 2.24) is 10.3 Å². The average molecular weight is 401 g/mol. The van der Waals surface area contributed by atoms with Crippen molar-refractivity contribution in [2.24, 2.45) is 5.92 Å². The lowest BCUT2D eigenvalue weighted by molar-refractivity contribution is -0.137. The minimum atomic E-state index is -4.57. The highest BCUT2D eigenvalue weighted by molar-refractivity contribution is 7.91. The number of anilines is 1. The molecule has 0 bridgehead atoms. The molecule has 0 saturated heterocycles. The van der Waals surface area contributed by atoms with Crippen LogP contribution >= 0.6 is 0 Å². The molecule has 0 atom stereocenters. The Bertz CT molecular complexity index is 940. The van der Waals surface area contributed by atoms with E-state index in [1.807, 2.05) is 13.8 Å². The summed E-state index contributed by atoms with van der Waals surface area (Å²) in [5, 5.41) is 2.61. The molecule has 0 fully saturated rings. The maximum Gasteiger partial charge on any atom is 0.416 e. The molecule has 6 nitrogen and oxygen atoms in total. The highest BCUT2D eigenvalue weighted by Crippen LogP contribution is 2.31. The van der Waals surface area contributed by atoms with Crippen LogP contribution in [0.3, 0.4) is 0 Å². The molecule has 10 heteroatoms. The summed E-state index contributed by atoms with van der Waals surface area (Å²) in [6, 6.07) is 4.13. The van der Waals surface area contributed by atoms with Gasteiger partial charge in [0.05, 0.1) is 21.0 Å². The highest BCUT2D eigenvalue weighted by atomic mass is 32.2. The van der Waals surface area contributed by atoms with Crippen LogP contribution in [0.25, 0.3) is 0 Å². The number of alkyl halides is 3. The molecule has 1 aromatic carbocycles.